The Kier molecular flexibility index (Phi) is 6.85. The Hall–Kier alpha value is -3.05. The molecule has 0 aliphatic carbocycles. The zero-order valence-corrected chi connectivity index (χ0v) is 20.6. The van der Waals surface area contributed by atoms with E-state index < -0.39 is 15.6 Å². The van der Waals surface area contributed by atoms with E-state index in [9.17, 15) is 18.0 Å². The monoisotopic (exact) mass is 486 g/mol. The quantitative estimate of drug-likeness (QED) is 0.546. The minimum atomic E-state index is -3.73. The van der Waals surface area contributed by atoms with Gasteiger partial charge in [0.05, 0.1) is 17.0 Å². The lowest BCUT2D eigenvalue weighted by molar-refractivity contribution is 0.0781. The minimum Gasteiger partial charge on any atom is -0.334 e. The fraction of sp³-hybridized carbons (Fsp3) is 0.478. The van der Waals surface area contributed by atoms with Gasteiger partial charge in [0.25, 0.3) is 5.91 Å². The minimum absolute atomic E-state index is 0.0789. The van der Waals surface area contributed by atoms with E-state index in [1.807, 2.05) is 0 Å². The lowest BCUT2D eigenvalue weighted by Crippen LogP contribution is -2.31. The number of amides is 1. The van der Waals surface area contributed by atoms with Gasteiger partial charge in [0.1, 0.15) is 5.82 Å². The van der Waals surface area contributed by atoms with Gasteiger partial charge >= 0.3 is 0 Å². The van der Waals surface area contributed by atoms with Crippen LogP contribution in [0.25, 0.3) is 10.9 Å². The van der Waals surface area contributed by atoms with Crippen LogP contribution in [-0.4, -0.2) is 63.4 Å². The molecule has 10 nitrogen and oxygen atoms in total. The Labute approximate surface area is 198 Å². The summed E-state index contributed by atoms with van der Waals surface area (Å²) in [6.45, 7) is 5.26. The number of pyridine rings is 1. The highest BCUT2D eigenvalue weighted by Gasteiger charge is 2.25. The molecular weight excluding hydrogens is 456 g/mol. The lowest BCUT2D eigenvalue weighted by Gasteiger charge is -2.20. The average Bonchev–Trinajstić information content (AvgIpc) is 3.03. The van der Waals surface area contributed by atoms with Gasteiger partial charge in [-0.15, -0.1) is 10.2 Å². The first-order chi connectivity index (χ1) is 16.3. The maximum absolute atomic E-state index is 13.4. The van der Waals surface area contributed by atoms with Crippen LogP contribution in [-0.2, 0) is 29.5 Å². The van der Waals surface area contributed by atoms with Crippen LogP contribution in [0, 0.1) is 0 Å². The van der Waals surface area contributed by atoms with Crippen molar-refractivity contribution in [1.82, 2.24) is 29.0 Å². The summed E-state index contributed by atoms with van der Waals surface area (Å²) in [6, 6.07) is 5.67. The van der Waals surface area contributed by atoms with Gasteiger partial charge in [-0.1, -0.05) is 20.3 Å². The Morgan fingerprint density at radius 2 is 1.88 bits per heavy atom. The van der Waals surface area contributed by atoms with Crippen LogP contribution in [0.5, 0.6) is 0 Å². The summed E-state index contributed by atoms with van der Waals surface area (Å²) in [5.74, 6) is 1.24. The molecule has 1 aromatic carbocycles. The van der Waals surface area contributed by atoms with Crippen molar-refractivity contribution >= 4 is 26.8 Å². The van der Waals surface area contributed by atoms with Crippen molar-refractivity contribution in [2.75, 3.05) is 20.1 Å². The number of carbonyl (C=O) groups excluding carboxylic acids is 1. The molecule has 2 aromatic heterocycles. The van der Waals surface area contributed by atoms with Gasteiger partial charge in [-0.25, -0.2) is 8.42 Å². The molecule has 0 atom stereocenters. The fourth-order valence-corrected chi connectivity index (χ4v) is 5.92. The second kappa shape index (κ2) is 9.67. The highest BCUT2D eigenvalue weighted by Crippen LogP contribution is 2.24. The number of sulfonamides is 1. The number of nitrogens with one attached hydrogen (secondary N) is 1. The third-order valence-electron chi connectivity index (χ3n) is 6.30. The summed E-state index contributed by atoms with van der Waals surface area (Å²) >= 11 is 0. The molecule has 4 rings (SSSR count). The number of hydrogen-bond donors (Lipinski definition) is 1. The Morgan fingerprint density at radius 1 is 1.12 bits per heavy atom. The maximum atomic E-state index is 13.4. The number of hydrogen-bond acceptors (Lipinski definition) is 6. The number of rotatable bonds is 7. The number of fused-ring (bicyclic) bond motifs is 2. The van der Waals surface area contributed by atoms with E-state index >= 15 is 0 Å². The third kappa shape index (κ3) is 4.49. The van der Waals surface area contributed by atoms with E-state index in [1.54, 1.807) is 20.9 Å². The van der Waals surface area contributed by atoms with Gasteiger partial charge < -0.3 is 14.5 Å². The zero-order valence-electron chi connectivity index (χ0n) is 19.7. The number of nitrogens with zero attached hydrogens (tertiary/aromatic N) is 5. The molecule has 1 aliphatic heterocycles. The van der Waals surface area contributed by atoms with Crippen LogP contribution in [0.1, 0.15) is 55.1 Å². The standard InChI is InChI=1S/C23H30N6O4S/c1-4-28(5-2)34(32,33)16-10-11-19-17(13-16)18(14-22(30)24-19)23(31)27(3)15-21-26-25-20-9-7-6-8-12-29(20)21/h10-11,13-14H,4-9,12,15H2,1-3H3,(H,24,30). The van der Waals surface area contributed by atoms with Gasteiger partial charge in [-0.05, 0) is 31.0 Å². The molecule has 0 radical (unpaired) electrons. The zero-order chi connectivity index (χ0) is 24.5. The van der Waals surface area contributed by atoms with Crippen molar-refractivity contribution in [2.45, 2.75) is 57.5 Å². The lowest BCUT2D eigenvalue weighted by atomic mass is 10.1. The van der Waals surface area contributed by atoms with Gasteiger partial charge in [0, 0.05) is 50.1 Å². The van der Waals surface area contributed by atoms with Crippen molar-refractivity contribution in [3.8, 4) is 0 Å². The van der Waals surface area contributed by atoms with Crippen molar-refractivity contribution in [3.05, 3.63) is 51.8 Å². The number of H-pyrrole nitrogens is 1. The summed E-state index contributed by atoms with van der Waals surface area (Å²) in [5, 5.41) is 8.95. The summed E-state index contributed by atoms with van der Waals surface area (Å²) in [5.41, 5.74) is 0.118. The van der Waals surface area contributed by atoms with Gasteiger partial charge in [-0.2, -0.15) is 4.31 Å². The first-order valence-electron chi connectivity index (χ1n) is 11.6. The van der Waals surface area contributed by atoms with E-state index in [4.69, 9.17) is 0 Å². The molecule has 1 N–H and O–H groups in total. The normalized spacial score (nSPS) is 14.2. The number of aromatic amines is 1. The highest BCUT2D eigenvalue weighted by atomic mass is 32.2. The Bertz CT molecular complexity index is 1370. The first-order valence-corrected chi connectivity index (χ1v) is 13.0. The van der Waals surface area contributed by atoms with E-state index in [1.165, 1.54) is 33.5 Å². The van der Waals surface area contributed by atoms with Crippen molar-refractivity contribution in [2.24, 2.45) is 0 Å². The predicted octanol–water partition coefficient (Wildman–Crippen LogP) is 2.15. The topological polar surface area (TPSA) is 121 Å². The van der Waals surface area contributed by atoms with Gasteiger partial charge in [0.15, 0.2) is 5.82 Å². The number of benzene rings is 1. The van der Waals surface area contributed by atoms with Crippen molar-refractivity contribution in [1.29, 1.82) is 0 Å². The molecule has 11 heteroatoms. The van der Waals surface area contributed by atoms with E-state index in [2.05, 4.69) is 19.7 Å². The second-order valence-corrected chi connectivity index (χ2v) is 10.4. The largest absolute Gasteiger partial charge is 0.334 e. The molecule has 0 saturated heterocycles. The molecule has 0 spiro atoms. The van der Waals surface area contributed by atoms with Crippen molar-refractivity contribution in [3.63, 3.8) is 0 Å². The van der Waals surface area contributed by atoms with Gasteiger partial charge in [0.2, 0.25) is 15.6 Å². The second-order valence-electron chi connectivity index (χ2n) is 8.50. The molecule has 1 aliphatic rings. The summed E-state index contributed by atoms with van der Waals surface area (Å²) in [7, 11) is -2.08. The third-order valence-corrected chi connectivity index (χ3v) is 8.35. The molecule has 0 unspecified atom stereocenters. The molecule has 182 valence electrons. The highest BCUT2D eigenvalue weighted by molar-refractivity contribution is 7.89. The van der Waals surface area contributed by atoms with Crippen LogP contribution < -0.4 is 5.56 Å². The molecule has 0 fully saturated rings. The molecule has 3 aromatic rings. The van der Waals surface area contributed by atoms with E-state index in [0.29, 0.717) is 29.8 Å². The van der Waals surface area contributed by atoms with Crippen LogP contribution in [0.2, 0.25) is 0 Å². The molecule has 0 bridgehead atoms. The molecule has 3 heterocycles. The number of aromatic nitrogens is 4. The fourth-order valence-electron chi connectivity index (χ4n) is 4.43. The van der Waals surface area contributed by atoms with Crippen LogP contribution in [0.4, 0.5) is 0 Å². The van der Waals surface area contributed by atoms with Crippen LogP contribution >= 0.6 is 0 Å². The summed E-state index contributed by atoms with van der Waals surface area (Å²) in [4.78, 5) is 30.0. The summed E-state index contributed by atoms with van der Waals surface area (Å²) in [6.07, 6.45) is 4.12. The molecular formula is C23H30N6O4S. The van der Waals surface area contributed by atoms with Crippen LogP contribution in [0.3, 0.4) is 0 Å². The van der Waals surface area contributed by atoms with Crippen LogP contribution in [0.15, 0.2) is 34.0 Å². The molecule has 34 heavy (non-hydrogen) atoms. The summed E-state index contributed by atoms with van der Waals surface area (Å²) < 4.78 is 29.5. The average molecular weight is 487 g/mol. The Balaban J connectivity index is 1.71. The SMILES string of the molecule is CCN(CC)S(=O)(=O)c1ccc2[nH]c(=O)cc(C(=O)N(C)Cc3nnc4n3CCCCC4)c2c1. The predicted molar refractivity (Wildman–Crippen MR) is 128 cm³/mol. The van der Waals surface area contributed by atoms with Gasteiger partial charge in [-0.3, -0.25) is 9.59 Å². The van der Waals surface area contributed by atoms with Crippen molar-refractivity contribution < 1.29 is 13.2 Å². The molecule has 0 saturated carbocycles. The first kappa shape index (κ1) is 24.1. The van der Waals surface area contributed by atoms with E-state index in [0.717, 1.165) is 38.1 Å². The molecule has 1 amide bonds. The van der Waals surface area contributed by atoms with E-state index in [-0.39, 0.29) is 22.9 Å². The number of aryl methyl sites for hydroxylation is 1. The number of carbonyl (C=O) groups is 1. The Morgan fingerprint density at radius 3 is 2.62 bits per heavy atom. The smallest absolute Gasteiger partial charge is 0.254 e. The maximum Gasteiger partial charge on any atom is 0.254 e.